The Morgan fingerprint density at radius 1 is 0.629 bits per heavy atom. The molecule has 336 valence electrons. The van der Waals surface area contributed by atoms with Gasteiger partial charge in [-0.2, -0.15) is 9.97 Å². The number of aromatic nitrogens is 4. The molecule has 4 heterocycles. The van der Waals surface area contributed by atoms with Crippen LogP contribution in [0.4, 0.5) is 53.3 Å². The third kappa shape index (κ3) is 10.7. The first kappa shape index (κ1) is 46.7. The number of hydrogen-bond acceptors (Lipinski definition) is 16. The normalized spacial score (nSPS) is 13.3. The van der Waals surface area contributed by atoms with E-state index >= 15 is 0 Å². The number of amides is 4. The number of carbonyl (C=O) groups excluding carboxylic acids is 2. The molecule has 4 amide bonds. The first-order valence-corrected chi connectivity index (χ1v) is 19.6. The highest BCUT2D eigenvalue weighted by Crippen LogP contribution is 2.39. The summed E-state index contributed by atoms with van der Waals surface area (Å²) in [5.74, 6) is 1.02. The minimum Gasteiger partial charge on any atom is -0.497 e. The molecule has 22 heteroatoms. The van der Waals surface area contributed by atoms with E-state index in [0.717, 1.165) is 0 Å². The Balaban J connectivity index is 0.000000234. The van der Waals surface area contributed by atoms with E-state index < -0.39 is 23.7 Å². The topological polar surface area (TPSA) is 219 Å². The number of ether oxygens (including phenoxy) is 6. The van der Waals surface area contributed by atoms with Gasteiger partial charge in [-0.25, -0.2) is 28.3 Å². The maximum Gasteiger partial charge on any atom is 0.330 e. The molecule has 0 saturated heterocycles. The smallest absolute Gasteiger partial charge is 0.330 e. The number of benzene rings is 2. The molecule has 2 aromatic carbocycles. The number of nitrogens with one attached hydrogen (secondary N) is 2. The third-order valence-corrected chi connectivity index (χ3v) is 9.42. The molecular formula is C40H52F2N10O10. The zero-order valence-electron chi connectivity index (χ0n) is 35.4. The fourth-order valence-corrected chi connectivity index (χ4v) is 6.40. The summed E-state index contributed by atoms with van der Waals surface area (Å²) in [4.78, 5) is 49.4. The summed E-state index contributed by atoms with van der Waals surface area (Å²) in [5, 5.41) is 23.5. The molecule has 4 N–H and O–H groups in total. The van der Waals surface area contributed by atoms with Gasteiger partial charge in [-0.1, -0.05) is 0 Å². The number of fused-ring (bicyclic) bond motifs is 2. The summed E-state index contributed by atoms with van der Waals surface area (Å²) in [6.07, 6.45) is 3.22. The van der Waals surface area contributed by atoms with E-state index in [0.29, 0.717) is 85.6 Å². The highest BCUT2D eigenvalue weighted by Gasteiger charge is 2.36. The molecule has 62 heavy (non-hydrogen) atoms. The summed E-state index contributed by atoms with van der Waals surface area (Å²) in [6, 6.07) is 4.92. The molecular weight excluding hydrogens is 818 g/mol. The lowest BCUT2D eigenvalue weighted by Gasteiger charge is -2.35. The molecule has 0 atom stereocenters. The van der Waals surface area contributed by atoms with Gasteiger partial charge < -0.3 is 49.3 Å². The van der Waals surface area contributed by atoms with Crippen LogP contribution in [-0.2, 0) is 22.6 Å². The average molecular weight is 871 g/mol. The highest BCUT2D eigenvalue weighted by atomic mass is 19.1. The van der Waals surface area contributed by atoms with Crippen molar-refractivity contribution >= 4 is 47.0 Å². The van der Waals surface area contributed by atoms with E-state index in [1.165, 1.54) is 72.3 Å². The van der Waals surface area contributed by atoms with Crippen molar-refractivity contribution in [1.82, 2.24) is 19.9 Å². The summed E-state index contributed by atoms with van der Waals surface area (Å²) in [5.41, 5.74) is 1.44. The van der Waals surface area contributed by atoms with Gasteiger partial charge in [-0.05, 0) is 13.8 Å². The van der Waals surface area contributed by atoms with Crippen molar-refractivity contribution in [3.05, 3.63) is 59.4 Å². The lowest BCUT2D eigenvalue weighted by Crippen LogP contribution is -2.48. The quantitative estimate of drug-likeness (QED) is 0.0922. The van der Waals surface area contributed by atoms with Crippen LogP contribution in [0.3, 0.4) is 0 Å². The molecule has 2 aromatic heterocycles. The van der Waals surface area contributed by atoms with Gasteiger partial charge in [0.1, 0.15) is 23.1 Å². The van der Waals surface area contributed by atoms with Crippen LogP contribution in [0.15, 0.2) is 36.7 Å². The first-order valence-electron chi connectivity index (χ1n) is 19.6. The van der Waals surface area contributed by atoms with Gasteiger partial charge >= 0.3 is 12.1 Å². The van der Waals surface area contributed by atoms with Crippen molar-refractivity contribution in [3.8, 4) is 23.0 Å². The van der Waals surface area contributed by atoms with Crippen molar-refractivity contribution in [2.45, 2.75) is 26.9 Å². The Bertz CT molecular complexity index is 2010. The van der Waals surface area contributed by atoms with Gasteiger partial charge in [0.15, 0.2) is 23.1 Å². The molecule has 0 bridgehead atoms. The number of halogens is 2. The number of aliphatic hydroxyl groups excluding tert-OH is 2. The van der Waals surface area contributed by atoms with Crippen LogP contribution in [0.1, 0.15) is 25.0 Å². The highest BCUT2D eigenvalue weighted by molar-refractivity contribution is 6.06. The SMILES string of the molecule is CCN1C(=O)N(c2cc(OC)cc(OC)c2F)Cc2cnc(NCCOCCO)nc21.CCN1C(=O)N(c2cc(OC)cc(OC)c2F)Cc2cnc(NCCOCCO)nc21. The number of methoxy groups -OCH3 is 4. The van der Waals surface area contributed by atoms with Crippen LogP contribution < -0.4 is 49.2 Å². The number of urea groups is 2. The molecule has 6 rings (SSSR count). The van der Waals surface area contributed by atoms with Crippen LogP contribution in [0.25, 0.3) is 0 Å². The molecule has 20 nitrogen and oxygen atoms in total. The Hall–Kier alpha value is -6.36. The fraction of sp³-hybridized carbons (Fsp3) is 0.450. The van der Waals surface area contributed by atoms with Crippen molar-refractivity contribution in [2.75, 3.05) is 124 Å². The van der Waals surface area contributed by atoms with Gasteiger partial charge in [0, 0.05) is 74.0 Å². The Morgan fingerprint density at radius 2 is 1.03 bits per heavy atom. The van der Waals surface area contributed by atoms with Gasteiger partial charge in [0.25, 0.3) is 0 Å². The van der Waals surface area contributed by atoms with E-state index in [1.54, 1.807) is 12.4 Å². The third-order valence-electron chi connectivity index (χ3n) is 9.42. The summed E-state index contributed by atoms with van der Waals surface area (Å²) < 4.78 is 61.0. The van der Waals surface area contributed by atoms with E-state index in [4.69, 9.17) is 38.6 Å². The van der Waals surface area contributed by atoms with Crippen LogP contribution in [0.2, 0.25) is 0 Å². The lowest BCUT2D eigenvalue weighted by atomic mass is 10.1. The number of carbonyl (C=O) groups is 2. The standard InChI is InChI=1S/2C20H26FN5O5/c2*1-4-25-18-13(11-23-19(24-18)22-5-7-31-8-6-27)12-26(20(25)28)15-9-14(29-2)10-16(30-3)17(15)21/h2*9-11,27H,4-8,12H2,1-3H3,(H,22,23,24). The molecule has 4 aromatic rings. The minimum atomic E-state index is -0.654. The monoisotopic (exact) mass is 870 g/mol. The van der Waals surface area contributed by atoms with E-state index in [9.17, 15) is 18.4 Å². The molecule has 2 aliphatic heterocycles. The second-order valence-corrected chi connectivity index (χ2v) is 13.2. The summed E-state index contributed by atoms with van der Waals surface area (Å²) in [6.45, 7) is 6.55. The molecule has 0 spiro atoms. The van der Waals surface area contributed by atoms with Gasteiger partial charge in [-0.15, -0.1) is 0 Å². The van der Waals surface area contributed by atoms with Crippen molar-refractivity contribution in [1.29, 1.82) is 0 Å². The summed E-state index contributed by atoms with van der Waals surface area (Å²) >= 11 is 0. The molecule has 2 aliphatic rings. The predicted molar refractivity (Wildman–Crippen MR) is 225 cm³/mol. The van der Waals surface area contributed by atoms with Crippen LogP contribution >= 0.6 is 0 Å². The van der Waals surface area contributed by atoms with E-state index in [-0.39, 0.29) is 62.4 Å². The average Bonchev–Trinajstić information content (AvgIpc) is 3.29. The maximum absolute atomic E-state index is 15.0. The van der Waals surface area contributed by atoms with Crippen LogP contribution in [0, 0.1) is 11.6 Å². The lowest BCUT2D eigenvalue weighted by molar-refractivity contribution is 0.0991. The minimum absolute atomic E-state index is 0.0183. The molecule has 0 saturated carbocycles. The Labute approximate surface area is 357 Å². The van der Waals surface area contributed by atoms with Crippen molar-refractivity contribution < 1.29 is 57.0 Å². The van der Waals surface area contributed by atoms with E-state index in [2.05, 4.69) is 30.6 Å². The number of hydrogen-bond donors (Lipinski definition) is 4. The van der Waals surface area contributed by atoms with Crippen LogP contribution in [-0.4, -0.2) is 136 Å². The van der Waals surface area contributed by atoms with Gasteiger partial charge in [0.05, 0.1) is 92.5 Å². The Kier molecular flexibility index (Phi) is 16.9. The Morgan fingerprint density at radius 3 is 1.37 bits per heavy atom. The second kappa shape index (κ2) is 22.5. The number of rotatable bonds is 20. The summed E-state index contributed by atoms with van der Waals surface area (Å²) in [7, 11) is 5.62. The van der Waals surface area contributed by atoms with E-state index in [1.807, 2.05) is 13.8 Å². The van der Waals surface area contributed by atoms with Gasteiger partial charge in [0.2, 0.25) is 11.9 Å². The second-order valence-electron chi connectivity index (χ2n) is 13.2. The predicted octanol–water partition coefficient (Wildman–Crippen LogP) is 4.04. The largest absolute Gasteiger partial charge is 0.497 e. The fourth-order valence-electron chi connectivity index (χ4n) is 6.40. The molecule has 0 radical (unpaired) electrons. The van der Waals surface area contributed by atoms with Crippen molar-refractivity contribution in [2.24, 2.45) is 0 Å². The molecule has 0 fully saturated rings. The number of aliphatic hydroxyl groups is 2. The zero-order valence-corrected chi connectivity index (χ0v) is 35.4. The first-order chi connectivity index (χ1) is 30.1. The van der Waals surface area contributed by atoms with Crippen molar-refractivity contribution in [3.63, 3.8) is 0 Å². The molecule has 0 unspecified atom stereocenters. The zero-order chi connectivity index (χ0) is 44.8. The van der Waals surface area contributed by atoms with Gasteiger partial charge in [-0.3, -0.25) is 19.6 Å². The number of nitrogens with zero attached hydrogens (tertiary/aromatic N) is 8. The van der Waals surface area contributed by atoms with Crippen LogP contribution in [0.5, 0.6) is 23.0 Å². The maximum atomic E-state index is 15.0. The number of anilines is 6. The molecule has 0 aliphatic carbocycles.